The highest BCUT2D eigenvalue weighted by Gasteiger charge is 2.41. The van der Waals surface area contributed by atoms with Gasteiger partial charge >= 0.3 is 5.97 Å². The number of aliphatic hydroxyl groups is 1. The van der Waals surface area contributed by atoms with E-state index in [1.165, 1.54) is 0 Å². The van der Waals surface area contributed by atoms with Crippen molar-refractivity contribution in [2.45, 2.75) is 76.9 Å². The molecule has 0 bridgehead atoms. The van der Waals surface area contributed by atoms with E-state index in [0.29, 0.717) is 60.2 Å². The highest BCUT2D eigenvalue weighted by molar-refractivity contribution is 6.31. The number of carbonyl (C=O) groups excluding carboxylic acids is 3. The van der Waals surface area contributed by atoms with Crippen molar-refractivity contribution in [3.8, 4) is 22.8 Å². The largest absolute Gasteiger partial charge is 0.481 e. The van der Waals surface area contributed by atoms with E-state index in [4.69, 9.17) is 27.9 Å². The lowest BCUT2D eigenvalue weighted by atomic mass is 9.82. The molecule has 0 saturated carbocycles. The third kappa shape index (κ3) is 13.2. The number of aliphatic hydroxyl groups excluding tert-OH is 1. The summed E-state index contributed by atoms with van der Waals surface area (Å²) in [7, 11) is 6.00. The predicted molar refractivity (Wildman–Crippen MR) is 241 cm³/mol. The van der Waals surface area contributed by atoms with Crippen molar-refractivity contribution < 1.29 is 34.1 Å². The second-order valence-corrected chi connectivity index (χ2v) is 17.3. The minimum atomic E-state index is -1.27. The molecule has 1 fully saturated rings. The zero-order valence-corrected chi connectivity index (χ0v) is 37.6. The van der Waals surface area contributed by atoms with E-state index in [9.17, 15) is 29.4 Å². The number of carbonyl (C=O) groups is 4. The molecule has 4 N–H and O–H groups in total. The van der Waals surface area contributed by atoms with E-state index in [0.717, 1.165) is 34.8 Å². The number of halogens is 2. The van der Waals surface area contributed by atoms with Crippen LogP contribution in [0, 0.1) is 11.8 Å². The topological polar surface area (TPSA) is 166 Å². The summed E-state index contributed by atoms with van der Waals surface area (Å²) in [4.78, 5) is 61.4. The zero-order chi connectivity index (χ0) is 45.0. The Morgan fingerprint density at radius 2 is 1.73 bits per heavy atom. The Hall–Kier alpha value is -5.21. The van der Waals surface area contributed by atoms with Crippen LogP contribution in [0.15, 0.2) is 85.1 Å². The van der Waals surface area contributed by atoms with Gasteiger partial charge in [-0.05, 0) is 119 Å². The van der Waals surface area contributed by atoms with E-state index in [1.807, 2.05) is 76.7 Å². The molecular weight excluding hydrogens is 831 g/mol. The Labute approximate surface area is 374 Å². The molecular formula is C47H58Cl2N6O7. The minimum absolute atomic E-state index is 0.118. The number of carboxylic acid groups (broad SMARTS) is 1. The zero-order valence-electron chi connectivity index (χ0n) is 36.1. The number of imidazole rings is 1. The van der Waals surface area contributed by atoms with E-state index in [1.54, 1.807) is 48.2 Å². The van der Waals surface area contributed by atoms with Crippen LogP contribution in [0.5, 0.6) is 11.5 Å². The number of allylic oxidation sites excluding steroid dienone is 2. The van der Waals surface area contributed by atoms with Crippen LogP contribution in [0.4, 0.5) is 0 Å². The monoisotopic (exact) mass is 888 g/mol. The molecule has 4 aromatic rings. The van der Waals surface area contributed by atoms with E-state index in [2.05, 4.69) is 25.1 Å². The van der Waals surface area contributed by atoms with Crippen molar-refractivity contribution in [3.05, 3.63) is 112 Å². The molecule has 15 heteroatoms. The molecule has 3 amide bonds. The van der Waals surface area contributed by atoms with Crippen molar-refractivity contribution in [3.63, 3.8) is 0 Å². The van der Waals surface area contributed by atoms with Gasteiger partial charge in [-0.2, -0.15) is 0 Å². The molecule has 1 aliphatic heterocycles. The van der Waals surface area contributed by atoms with Gasteiger partial charge < -0.3 is 40.0 Å². The molecule has 0 spiro atoms. The Kier molecular flexibility index (Phi) is 17.2. The number of amides is 3. The lowest BCUT2D eigenvalue weighted by molar-refractivity contribution is -0.146. The molecule has 62 heavy (non-hydrogen) atoms. The van der Waals surface area contributed by atoms with Crippen molar-refractivity contribution in [2.75, 3.05) is 33.8 Å². The van der Waals surface area contributed by atoms with Gasteiger partial charge in [-0.1, -0.05) is 60.5 Å². The first kappa shape index (κ1) is 47.8. The van der Waals surface area contributed by atoms with Gasteiger partial charge in [-0.3, -0.25) is 19.2 Å². The molecule has 4 atom stereocenters. The number of benzene rings is 3. The van der Waals surface area contributed by atoms with Crippen molar-refractivity contribution in [1.82, 2.24) is 30.0 Å². The van der Waals surface area contributed by atoms with Crippen molar-refractivity contribution in [1.29, 1.82) is 0 Å². The summed E-state index contributed by atoms with van der Waals surface area (Å²) in [5.41, 5.74) is 2.70. The third-order valence-electron chi connectivity index (χ3n) is 11.2. The van der Waals surface area contributed by atoms with Crippen LogP contribution in [0.25, 0.3) is 11.3 Å². The molecule has 2 heterocycles. The normalized spacial score (nSPS) is 16.8. The Bertz CT molecular complexity index is 2190. The number of aryl methyl sites for hydroxylation is 1. The number of nitrogens with zero attached hydrogens (tertiary/aromatic N) is 4. The van der Waals surface area contributed by atoms with Gasteiger partial charge in [0.2, 0.25) is 17.7 Å². The summed E-state index contributed by atoms with van der Waals surface area (Å²) >= 11 is 12.6. The molecule has 5 rings (SSSR count). The van der Waals surface area contributed by atoms with Gasteiger partial charge in [-0.15, -0.1) is 0 Å². The molecule has 0 unspecified atom stereocenters. The van der Waals surface area contributed by atoms with Crippen LogP contribution in [-0.2, 0) is 45.6 Å². The molecule has 1 saturated heterocycles. The number of aliphatic carboxylic acids is 1. The highest BCUT2D eigenvalue weighted by atomic mass is 35.5. The Morgan fingerprint density at radius 1 is 1.02 bits per heavy atom. The van der Waals surface area contributed by atoms with Gasteiger partial charge in [0.05, 0.1) is 42.9 Å². The molecule has 1 aromatic heterocycles. The number of aromatic nitrogens is 2. The maximum atomic E-state index is 14.0. The summed E-state index contributed by atoms with van der Waals surface area (Å²) < 4.78 is 8.38. The van der Waals surface area contributed by atoms with E-state index >= 15 is 0 Å². The summed E-state index contributed by atoms with van der Waals surface area (Å²) in [6, 6.07) is 19.0. The van der Waals surface area contributed by atoms with Crippen LogP contribution >= 0.6 is 23.2 Å². The average molecular weight is 890 g/mol. The highest BCUT2D eigenvalue weighted by Crippen LogP contribution is 2.33. The number of nitrogens with one attached hydrogen (secondary N) is 2. The van der Waals surface area contributed by atoms with E-state index in [-0.39, 0.29) is 25.3 Å². The smallest absolute Gasteiger partial charge is 0.304 e. The number of piperidine rings is 1. The molecule has 3 aromatic carbocycles. The predicted octanol–water partition coefficient (Wildman–Crippen LogP) is 7.07. The van der Waals surface area contributed by atoms with Gasteiger partial charge in [0, 0.05) is 41.7 Å². The van der Waals surface area contributed by atoms with Gasteiger partial charge in [0.1, 0.15) is 23.4 Å². The fraction of sp³-hybridized carbons (Fsp3) is 0.426. The van der Waals surface area contributed by atoms with Crippen LogP contribution in [-0.4, -0.2) is 98.6 Å². The third-order valence-corrected chi connectivity index (χ3v) is 11.7. The molecule has 13 nitrogen and oxygen atoms in total. The molecule has 0 aliphatic carbocycles. The summed E-state index contributed by atoms with van der Waals surface area (Å²) in [6.07, 6.45) is 7.62. The summed E-state index contributed by atoms with van der Waals surface area (Å²) in [5, 5.41) is 26.9. The first-order chi connectivity index (χ1) is 29.6. The first-order valence-electron chi connectivity index (χ1n) is 20.9. The summed E-state index contributed by atoms with van der Waals surface area (Å²) in [6.45, 7) is 4.16. The van der Waals surface area contributed by atoms with Gasteiger partial charge in [0.15, 0.2) is 0 Å². The maximum absolute atomic E-state index is 14.0. The van der Waals surface area contributed by atoms with E-state index < -0.39 is 47.8 Å². The fourth-order valence-electron chi connectivity index (χ4n) is 7.80. The van der Waals surface area contributed by atoms with Gasteiger partial charge in [-0.25, -0.2) is 4.98 Å². The average Bonchev–Trinajstić information content (AvgIpc) is 3.59. The molecule has 0 radical (unpaired) electrons. The van der Waals surface area contributed by atoms with Crippen LogP contribution in [0.1, 0.15) is 62.9 Å². The number of rotatable bonds is 20. The number of likely N-dealkylation sites (tertiary alicyclic amines) is 1. The number of ether oxygens (including phenoxy) is 1. The fourth-order valence-corrected chi connectivity index (χ4v) is 8.09. The first-order valence-corrected chi connectivity index (χ1v) is 21.7. The van der Waals surface area contributed by atoms with Gasteiger partial charge in [0.25, 0.3) is 0 Å². The lowest BCUT2D eigenvalue weighted by Crippen LogP contribution is -2.64. The number of carboxylic acids is 1. The van der Waals surface area contributed by atoms with Crippen LogP contribution in [0.3, 0.4) is 0 Å². The molecule has 332 valence electrons. The van der Waals surface area contributed by atoms with Crippen molar-refractivity contribution >= 4 is 46.9 Å². The number of hydrogen-bond acceptors (Lipinski definition) is 8. The second-order valence-electron chi connectivity index (χ2n) is 16.5. The summed E-state index contributed by atoms with van der Waals surface area (Å²) in [5.74, 6) is -1.57. The second kappa shape index (κ2) is 22.2. The number of hydrogen-bond donors (Lipinski definition) is 4. The van der Waals surface area contributed by atoms with Crippen LogP contribution < -0.4 is 15.4 Å². The maximum Gasteiger partial charge on any atom is 0.304 e. The van der Waals surface area contributed by atoms with Crippen LogP contribution in [0.2, 0.25) is 10.0 Å². The molecule has 1 aliphatic rings. The Morgan fingerprint density at radius 3 is 2.39 bits per heavy atom. The Balaban J connectivity index is 1.24. The quantitative estimate of drug-likeness (QED) is 0.0680. The van der Waals surface area contributed by atoms with Crippen molar-refractivity contribution in [2.24, 2.45) is 18.9 Å². The minimum Gasteiger partial charge on any atom is -0.481 e. The SMILES string of the molecule is C/C=C/C[C@H](CC(=O)O)C(=O)N1CCC[C@](Cc2ccc(Cl)cc2)(NC(=O)[C@H](CO)NC(=O)[C@H](C)CCc2ccc(Cl)cc2Oc2ccc(-c3cnc(CN(C)C)n3C)cc2)C1. The lowest BCUT2D eigenvalue weighted by Gasteiger charge is -2.45. The standard InChI is InChI=1S/C47H58Cl2N6O7/c1-6-7-9-35(24-43(57)58)46(61)55-23-8-22-47(30-55,26-32-11-17-36(48)18-12-32)52-45(60)39(29-56)51-44(59)31(2)10-13-34-14-19-37(49)25-41(34)62-38-20-15-33(16-21-38)40-27-50-42(54(40)5)28-53(3)4/h6-7,11-12,14-21,25,27,31,35,39,56H,8-10,13,22-24,26,28-30H2,1-5H3,(H,51,59)(H,52,60)(H,57,58)/b7-6+/t31-,35-,39+,47-/m1/s1.